The molecule has 2 nitrogen and oxygen atoms in total. The van der Waals surface area contributed by atoms with Gasteiger partial charge in [-0.15, -0.1) is 0 Å². The van der Waals surface area contributed by atoms with Crippen LogP contribution in [0.1, 0.15) is 163 Å². The second-order valence-electron chi connectivity index (χ2n) is 24.2. The van der Waals surface area contributed by atoms with Crippen molar-refractivity contribution in [3.05, 3.63) is 170 Å². The van der Waals surface area contributed by atoms with E-state index in [2.05, 4.69) is 182 Å². The van der Waals surface area contributed by atoms with Gasteiger partial charge in [0.25, 0.3) is 0 Å². The molecule has 13 rings (SSSR count). The minimum Gasteiger partial charge on any atom is -0.354 e. The molecule has 0 bridgehead atoms. The first-order chi connectivity index (χ1) is 30.9. The van der Waals surface area contributed by atoms with Gasteiger partial charge in [-0.1, -0.05) is 141 Å². The summed E-state index contributed by atoms with van der Waals surface area (Å²) >= 11 is 0. The molecule has 0 saturated heterocycles. The normalized spacial score (nSPS) is 20.8. The van der Waals surface area contributed by atoms with Crippen LogP contribution in [0, 0.1) is 0 Å². The predicted molar refractivity (Wildman–Crippen MR) is 278 cm³/mol. The molecule has 6 aromatic carbocycles. The van der Waals surface area contributed by atoms with Crippen molar-refractivity contribution in [2.24, 2.45) is 0 Å². The zero-order chi connectivity index (χ0) is 44.7. The van der Waals surface area contributed by atoms with Gasteiger partial charge in [-0.25, -0.2) is 0 Å². The predicted octanol–water partition coefficient (Wildman–Crippen LogP) is 14.8. The molecule has 0 saturated carbocycles. The third-order valence-electron chi connectivity index (χ3n) is 18.1. The van der Waals surface area contributed by atoms with Gasteiger partial charge in [-0.05, 0) is 180 Å². The quantitative estimate of drug-likeness (QED) is 0.172. The second-order valence-corrected chi connectivity index (χ2v) is 24.2. The Bertz CT molecular complexity index is 3360. The van der Waals surface area contributed by atoms with E-state index in [1.165, 1.54) is 137 Å². The Balaban J connectivity index is 1.12. The molecule has 0 unspecified atom stereocenters. The highest BCUT2D eigenvalue weighted by atomic mass is 15.2. The molecule has 7 aromatic rings. The van der Waals surface area contributed by atoms with E-state index in [4.69, 9.17) is 0 Å². The number of aromatic nitrogens is 1. The van der Waals surface area contributed by atoms with Gasteiger partial charge in [0.05, 0.1) is 0 Å². The molecule has 1 aliphatic heterocycles. The van der Waals surface area contributed by atoms with Crippen LogP contribution in [0.5, 0.6) is 0 Å². The number of nitrogens with one attached hydrogen (secondary N) is 1. The number of fused-ring (bicyclic) bond motifs is 12. The largest absolute Gasteiger partial charge is 0.354 e. The average Bonchev–Trinajstić information content (AvgIpc) is 3.91. The molecule has 5 aliphatic carbocycles. The highest BCUT2D eigenvalue weighted by Crippen LogP contribution is 2.58. The molecule has 0 fully saturated rings. The molecular weight excluding hydrogens is 784 g/mol. The Kier molecular flexibility index (Phi) is 7.88. The molecular formula is C62H63BN2. The number of anilines is 2. The summed E-state index contributed by atoms with van der Waals surface area (Å²) < 4.78 is 0. The highest BCUT2D eigenvalue weighted by Gasteiger charge is 2.49. The number of nitrogens with zero attached hydrogens (tertiary/aromatic N) is 1. The number of H-pyrrole nitrogens is 1. The lowest BCUT2D eigenvalue weighted by atomic mass is 9.51. The fraction of sp³-hybridized carbons (Fsp3) is 0.355. The smallest absolute Gasteiger partial charge is 0.194 e. The molecule has 0 spiro atoms. The first-order valence-electron chi connectivity index (χ1n) is 24.8. The van der Waals surface area contributed by atoms with Crippen molar-refractivity contribution in [3.8, 4) is 11.1 Å². The molecule has 0 amide bonds. The van der Waals surface area contributed by atoms with E-state index in [9.17, 15) is 0 Å². The summed E-state index contributed by atoms with van der Waals surface area (Å²) in [7, 11) is 0.930. The van der Waals surface area contributed by atoms with Crippen molar-refractivity contribution in [1.29, 1.82) is 0 Å². The summed E-state index contributed by atoms with van der Waals surface area (Å²) in [5.74, 6) is 0. The Hall–Kier alpha value is -5.54. The summed E-state index contributed by atoms with van der Waals surface area (Å²) in [5, 5.41) is 3.98. The maximum absolute atomic E-state index is 4.10. The Morgan fingerprint density at radius 3 is 1.95 bits per heavy atom. The summed E-state index contributed by atoms with van der Waals surface area (Å²) in [6.07, 6.45) is 10.5. The third kappa shape index (κ3) is 5.42. The van der Waals surface area contributed by atoms with Crippen molar-refractivity contribution < 1.29 is 0 Å². The van der Waals surface area contributed by atoms with Crippen LogP contribution in [0.3, 0.4) is 0 Å². The van der Waals surface area contributed by atoms with Crippen LogP contribution in [-0.4, -0.2) is 12.3 Å². The van der Waals surface area contributed by atoms with E-state index in [1.807, 2.05) is 0 Å². The van der Waals surface area contributed by atoms with Crippen LogP contribution in [0.25, 0.3) is 44.1 Å². The maximum atomic E-state index is 4.10. The Morgan fingerprint density at radius 1 is 0.569 bits per heavy atom. The van der Waals surface area contributed by atoms with Crippen LogP contribution in [0.15, 0.2) is 109 Å². The van der Waals surface area contributed by atoms with Gasteiger partial charge in [-0.3, -0.25) is 0 Å². The molecule has 65 heavy (non-hydrogen) atoms. The van der Waals surface area contributed by atoms with Gasteiger partial charge in [0.2, 0.25) is 0 Å². The topological polar surface area (TPSA) is 19.0 Å². The monoisotopic (exact) mass is 847 g/mol. The van der Waals surface area contributed by atoms with Crippen LogP contribution >= 0.6 is 0 Å². The van der Waals surface area contributed by atoms with E-state index in [1.54, 1.807) is 16.6 Å². The van der Waals surface area contributed by atoms with Crippen LogP contribution in [0.4, 0.5) is 11.4 Å². The lowest BCUT2D eigenvalue weighted by Crippen LogP contribution is -2.39. The lowest BCUT2D eigenvalue weighted by Gasteiger charge is -2.44. The van der Waals surface area contributed by atoms with Crippen molar-refractivity contribution in [2.45, 2.75) is 141 Å². The number of hydrogen-bond acceptors (Lipinski definition) is 1. The molecule has 2 heterocycles. The highest BCUT2D eigenvalue weighted by molar-refractivity contribution is 6.68. The van der Waals surface area contributed by atoms with E-state index < -0.39 is 0 Å². The fourth-order valence-corrected chi connectivity index (χ4v) is 13.9. The number of benzene rings is 6. The Labute approximate surface area is 387 Å². The molecule has 1 aromatic heterocycles. The summed E-state index contributed by atoms with van der Waals surface area (Å²) in [4.78, 5) is 6.89. The van der Waals surface area contributed by atoms with Crippen LogP contribution in [0.2, 0.25) is 0 Å². The summed E-state index contributed by atoms with van der Waals surface area (Å²) in [5.41, 5.74) is 29.2. The van der Waals surface area contributed by atoms with E-state index in [0.29, 0.717) is 0 Å². The number of aromatic amines is 1. The minimum atomic E-state index is -0.157. The molecule has 3 heteroatoms. The van der Waals surface area contributed by atoms with Crippen molar-refractivity contribution >= 4 is 57.1 Å². The van der Waals surface area contributed by atoms with Gasteiger partial charge in [0.15, 0.2) is 7.28 Å². The van der Waals surface area contributed by atoms with Crippen molar-refractivity contribution in [1.82, 2.24) is 4.98 Å². The third-order valence-corrected chi connectivity index (χ3v) is 18.1. The molecule has 0 atom stereocenters. The van der Waals surface area contributed by atoms with Crippen LogP contribution in [-0.2, 0) is 39.9 Å². The number of hydrogen-bond donors (Lipinski definition) is 1. The van der Waals surface area contributed by atoms with E-state index >= 15 is 0 Å². The number of aryl methyl sites for hydroxylation is 1. The Morgan fingerprint density at radius 2 is 1.22 bits per heavy atom. The SMILES string of the molecule is CC1(C)CCC(C)(C)c2cc(N3C4=C(Bc5c3cc3c(c5C5=CCCc6c5[nH]c5cc7ccccc7cc65)Cc5ccccc5-3)C(C)(C)c3cc5c(cc34)C(C)(C)CCC5(C)C)ccc21. The zero-order valence-corrected chi connectivity index (χ0v) is 40.4. The average molecular weight is 847 g/mol. The fourth-order valence-electron chi connectivity index (χ4n) is 13.9. The number of rotatable bonds is 2. The zero-order valence-electron chi connectivity index (χ0n) is 40.4. The molecule has 324 valence electrons. The van der Waals surface area contributed by atoms with Gasteiger partial charge >= 0.3 is 0 Å². The van der Waals surface area contributed by atoms with E-state index in [0.717, 1.165) is 26.5 Å². The molecule has 1 N–H and O–H groups in total. The number of allylic oxidation sites excluding steroid dienone is 2. The standard InChI is InChI=1S/C62H63BN2/c1-58(2)24-25-59(3,4)48-31-38(22-23-46(48)58)65-52-33-42-39-19-14-13-18-37(39)29-44(42)53(41-21-15-20-40-43-28-35-16-11-12-17-36(35)30-51(43)64-55(40)41)54(52)63-57-56(65)45-32-49-50(34-47(45)62(57,9)10)61(7,8)27-26-60(49,5)6/h11-14,16-19,21-23,28,30-34,63-64H,15,20,24-27,29H2,1-10H3. The van der Waals surface area contributed by atoms with Gasteiger partial charge in [0, 0.05) is 50.2 Å². The lowest BCUT2D eigenvalue weighted by molar-refractivity contribution is 0.331. The molecule has 0 radical (unpaired) electrons. The summed E-state index contributed by atoms with van der Waals surface area (Å²) in [6, 6.07) is 38.6. The first kappa shape index (κ1) is 39.8. The summed E-state index contributed by atoms with van der Waals surface area (Å²) in [6.45, 7) is 25.0. The second kappa shape index (κ2) is 12.9. The van der Waals surface area contributed by atoms with E-state index in [-0.39, 0.29) is 27.1 Å². The van der Waals surface area contributed by atoms with Crippen molar-refractivity contribution in [2.75, 3.05) is 4.90 Å². The van der Waals surface area contributed by atoms with Gasteiger partial charge in [0.1, 0.15) is 0 Å². The maximum Gasteiger partial charge on any atom is 0.194 e. The van der Waals surface area contributed by atoms with Crippen molar-refractivity contribution in [3.63, 3.8) is 0 Å². The minimum absolute atomic E-state index is 0.0873. The first-order valence-corrected chi connectivity index (χ1v) is 24.8. The molecule has 6 aliphatic rings. The van der Waals surface area contributed by atoms with Gasteiger partial charge in [-0.2, -0.15) is 0 Å². The van der Waals surface area contributed by atoms with Gasteiger partial charge < -0.3 is 9.88 Å². The van der Waals surface area contributed by atoms with Crippen LogP contribution < -0.4 is 10.4 Å².